The van der Waals surface area contributed by atoms with Gasteiger partial charge in [-0.2, -0.15) is 5.10 Å². The van der Waals surface area contributed by atoms with Crippen molar-refractivity contribution in [2.45, 2.75) is 43.2 Å². The molecular formula is C10H15N3O4S. The van der Waals surface area contributed by atoms with E-state index < -0.39 is 16.0 Å². The van der Waals surface area contributed by atoms with Crippen LogP contribution in [0.4, 0.5) is 0 Å². The molecule has 0 atom stereocenters. The summed E-state index contributed by atoms with van der Waals surface area (Å²) in [6.45, 7) is -0.348. The van der Waals surface area contributed by atoms with Gasteiger partial charge in [0.05, 0.1) is 6.20 Å². The average molecular weight is 273 g/mol. The zero-order valence-electron chi connectivity index (χ0n) is 9.74. The first kappa shape index (κ1) is 13.0. The van der Waals surface area contributed by atoms with Gasteiger partial charge in [0, 0.05) is 12.2 Å². The maximum absolute atomic E-state index is 12.0. The van der Waals surface area contributed by atoms with Gasteiger partial charge < -0.3 is 5.11 Å². The first-order valence-electron chi connectivity index (χ1n) is 5.74. The Hall–Kier alpha value is -1.41. The topological polar surface area (TPSA) is 101 Å². The zero-order valence-corrected chi connectivity index (χ0v) is 10.6. The number of nitrogens with zero attached hydrogens (tertiary/aromatic N) is 2. The fourth-order valence-electron chi connectivity index (χ4n) is 2.04. The van der Waals surface area contributed by atoms with Crippen LogP contribution in [0.1, 0.15) is 25.7 Å². The van der Waals surface area contributed by atoms with Gasteiger partial charge in [0.15, 0.2) is 0 Å². The lowest BCUT2D eigenvalue weighted by Gasteiger charge is -2.10. The first-order chi connectivity index (χ1) is 8.47. The van der Waals surface area contributed by atoms with Crippen LogP contribution in [-0.2, 0) is 21.4 Å². The van der Waals surface area contributed by atoms with Gasteiger partial charge in [0.25, 0.3) is 0 Å². The van der Waals surface area contributed by atoms with E-state index in [0.717, 1.165) is 30.4 Å². The summed E-state index contributed by atoms with van der Waals surface area (Å²) >= 11 is 0. The predicted octanol–water partition coefficient (Wildman–Crippen LogP) is 0.189. The normalized spacial score (nSPS) is 17.1. The second kappa shape index (κ2) is 5.07. The lowest BCUT2D eigenvalue weighted by atomic mass is 10.3. The Kier molecular flexibility index (Phi) is 3.67. The van der Waals surface area contributed by atoms with E-state index in [0.29, 0.717) is 0 Å². The molecule has 2 rings (SSSR count). The fourth-order valence-corrected chi connectivity index (χ4v) is 3.30. The van der Waals surface area contributed by atoms with E-state index in [-0.39, 0.29) is 17.5 Å². The minimum atomic E-state index is -3.58. The van der Waals surface area contributed by atoms with Gasteiger partial charge in [-0.25, -0.2) is 13.1 Å². The Morgan fingerprint density at radius 3 is 2.78 bits per heavy atom. The van der Waals surface area contributed by atoms with E-state index in [1.807, 2.05) is 0 Å². The van der Waals surface area contributed by atoms with Gasteiger partial charge in [0.1, 0.15) is 11.4 Å². The smallest absolute Gasteiger partial charge is 0.325 e. The summed E-state index contributed by atoms with van der Waals surface area (Å²) < 4.78 is 27.6. The molecule has 7 nitrogen and oxygen atoms in total. The Bertz CT molecular complexity index is 531. The van der Waals surface area contributed by atoms with Crippen LogP contribution in [0, 0.1) is 0 Å². The van der Waals surface area contributed by atoms with Gasteiger partial charge in [-0.3, -0.25) is 9.48 Å². The van der Waals surface area contributed by atoms with Crippen molar-refractivity contribution in [1.29, 1.82) is 0 Å². The van der Waals surface area contributed by atoms with Gasteiger partial charge in [-0.15, -0.1) is 0 Å². The van der Waals surface area contributed by atoms with Crippen molar-refractivity contribution >= 4 is 16.0 Å². The molecule has 0 radical (unpaired) electrons. The Balaban J connectivity index is 2.09. The first-order valence-corrected chi connectivity index (χ1v) is 7.22. The highest BCUT2D eigenvalue weighted by atomic mass is 32.2. The number of nitrogens with one attached hydrogen (secondary N) is 1. The number of carbonyl (C=O) groups is 1. The molecule has 100 valence electrons. The molecule has 0 aliphatic heterocycles. The monoisotopic (exact) mass is 273 g/mol. The van der Waals surface area contributed by atoms with Gasteiger partial charge in [0.2, 0.25) is 10.0 Å². The summed E-state index contributed by atoms with van der Waals surface area (Å²) in [5, 5.41) is 12.3. The molecule has 2 N–H and O–H groups in total. The molecule has 1 aromatic heterocycles. The molecule has 8 heteroatoms. The standard InChI is InChI=1S/C10H15N3O4S/c14-10(15)7-13-6-9(5-11-13)18(16,17)12-8-3-1-2-4-8/h5-6,8,12H,1-4,7H2,(H,14,15). The maximum atomic E-state index is 12.0. The number of carboxylic acid groups (broad SMARTS) is 1. The van der Waals surface area contributed by atoms with Crippen LogP contribution >= 0.6 is 0 Å². The Morgan fingerprint density at radius 1 is 1.50 bits per heavy atom. The Labute approximate surface area is 105 Å². The van der Waals surface area contributed by atoms with E-state index in [1.54, 1.807) is 0 Å². The number of sulfonamides is 1. The minimum absolute atomic E-state index is 0.00986. The largest absolute Gasteiger partial charge is 0.480 e. The number of rotatable bonds is 5. The molecule has 1 heterocycles. The van der Waals surface area contributed by atoms with Crippen molar-refractivity contribution in [3.05, 3.63) is 12.4 Å². The van der Waals surface area contributed by atoms with Crippen LogP contribution in [0.2, 0.25) is 0 Å². The third kappa shape index (κ3) is 3.08. The number of hydrogen-bond donors (Lipinski definition) is 2. The molecule has 0 spiro atoms. The lowest BCUT2D eigenvalue weighted by molar-refractivity contribution is -0.137. The van der Waals surface area contributed by atoms with E-state index in [9.17, 15) is 13.2 Å². The molecule has 0 aromatic carbocycles. The van der Waals surface area contributed by atoms with E-state index in [1.165, 1.54) is 12.4 Å². The lowest BCUT2D eigenvalue weighted by Crippen LogP contribution is -2.32. The molecule has 1 saturated carbocycles. The third-order valence-electron chi connectivity index (χ3n) is 2.89. The number of hydrogen-bond acceptors (Lipinski definition) is 4. The third-order valence-corrected chi connectivity index (χ3v) is 4.37. The van der Waals surface area contributed by atoms with Crippen LogP contribution in [0.25, 0.3) is 0 Å². The maximum Gasteiger partial charge on any atom is 0.325 e. The molecule has 0 saturated heterocycles. The van der Waals surface area contributed by atoms with Crippen LogP contribution in [0.5, 0.6) is 0 Å². The van der Waals surface area contributed by atoms with Crippen molar-refractivity contribution in [1.82, 2.24) is 14.5 Å². The average Bonchev–Trinajstić information content (AvgIpc) is 2.87. The van der Waals surface area contributed by atoms with Crippen molar-refractivity contribution < 1.29 is 18.3 Å². The van der Waals surface area contributed by atoms with Crippen molar-refractivity contribution in [2.24, 2.45) is 0 Å². The van der Waals surface area contributed by atoms with Crippen molar-refractivity contribution in [3.63, 3.8) is 0 Å². The predicted molar refractivity (Wildman–Crippen MR) is 62.4 cm³/mol. The second-order valence-electron chi connectivity index (χ2n) is 4.37. The Morgan fingerprint density at radius 2 is 2.17 bits per heavy atom. The van der Waals surface area contributed by atoms with E-state index >= 15 is 0 Å². The molecule has 1 aliphatic rings. The van der Waals surface area contributed by atoms with E-state index in [2.05, 4.69) is 9.82 Å². The van der Waals surface area contributed by atoms with Crippen LogP contribution in [0.3, 0.4) is 0 Å². The van der Waals surface area contributed by atoms with Gasteiger partial charge in [-0.05, 0) is 12.8 Å². The van der Waals surface area contributed by atoms with Crippen molar-refractivity contribution in [2.75, 3.05) is 0 Å². The highest BCUT2D eigenvalue weighted by Crippen LogP contribution is 2.20. The molecule has 1 aromatic rings. The SMILES string of the molecule is O=C(O)Cn1cc(S(=O)(=O)NC2CCCC2)cn1. The van der Waals surface area contributed by atoms with Gasteiger partial charge >= 0.3 is 5.97 Å². The summed E-state index contributed by atoms with van der Waals surface area (Å²) in [5.41, 5.74) is 0. The molecule has 0 bridgehead atoms. The fraction of sp³-hybridized carbons (Fsp3) is 0.600. The van der Waals surface area contributed by atoms with E-state index in [4.69, 9.17) is 5.11 Å². The summed E-state index contributed by atoms with van der Waals surface area (Å²) in [7, 11) is -3.58. The van der Waals surface area contributed by atoms with Crippen LogP contribution in [-0.4, -0.2) is 35.3 Å². The summed E-state index contributed by atoms with van der Waals surface area (Å²) in [4.78, 5) is 10.5. The van der Waals surface area contributed by atoms with Crippen LogP contribution in [0.15, 0.2) is 17.3 Å². The van der Waals surface area contributed by atoms with Gasteiger partial charge in [-0.1, -0.05) is 12.8 Å². The molecule has 18 heavy (non-hydrogen) atoms. The summed E-state index contributed by atoms with van der Waals surface area (Å²) in [6.07, 6.45) is 6.16. The number of aliphatic carboxylic acids is 1. The highest BCUT2D eigenvalue weighted by molar-refractivity contribution is 7.89. The second-order valence-corrected chi connectivity index (χ2v) is 6.08. The van der Waals surface area contributed by atoms with Crippen LogP contribution < -0.4 is 4.72 Å². The zero-order chi connectivity index (χ0) is 13.2. The number of aromatic nitrogens is 2. The molecule has 0 unspecified atom stereocenters. The summed E-state index contributed by atoms with van der Waals surface area (Å²) in [6, 6.07) is -0.0159. The summed E-state index contributed by atoms with van der Waals surface area (Å²) in [5.74, 6) is -1.06. The molecular weight excluding hydrogens is 258 g/mol. The quantitative estimate of drug-likeness (QED) is 0.797. The molecule has 1 fully saturated rings. The minimum Gasteiger partial charge on any atom is -0.480 e. The molecule has 1 aliphatic carbocycles. The molecule has 0 amide bonds. The number of carboxylic acids is 1. The van der Waals surface area contributed by atoms with Crippen molar-refractivity contribution in [3.8, 4) is 0 Å². The highest BCUT2D eigenvalue weighted by Gasteiger charge is 2.24.